The van der Waals surface area contributed by atoms with Gasteiger partial charge in [0.05, 0.1) is 33.4 Å². The predicted octanol–water partition coefficient (Wildman–Crippen LogP) is 3.76. The number of anilines is 2. The van der Waals surface area contributed by atoms with Crippen LogP contribution in [0.1, 0.15) is 15.9 Å². The molecule has 2 amide bonds. The summed E-state index contributed by atoms with van der Waals surface area (Å²) in [5.74, 6) is -0.216. The molecule has 0 saturated carbocycles. The molecule has 4 rings (SSSR count). The third-order valence-corrected chi connectivity index (χ3v) is 5.91. The molecule has 0 aliphatic rings. The van der Waals surface area contributed by atoms with E-state index in [1.54, 1.807) is 43.9 Å². The molecule has 2 aromatic carbocycles. The topological polar surface area (TPSA) is 92.2 Å². The predicted molar refractivity (Wildman–Crippen MR) is 120 cm³/mol. The van der Waals surface area contributed by atoms with Crippen molar-refractivity contribution in [3.63, 3.8) is 0 Å². The molecule has 0 atom stereocenters. The number of hydrogen-bond donors (Lipinski definition) is 2. The summed E-state index contributed by atoms with van der Waals surface area (Å²) >= 11 is 1.09. The Morgan fingerprint density at radius 3 is 2.55 bits per heavy atom. The van der Waals surface area contributed by atoms with Crippen LogP contribution < -0.4 is 10.6 Å². The fraction of sp³-hybridized carbons (Fsp3) is 0.238. The molecular weight excluding hydrogens is 457 g/mol. The van der Waals surface area contributed by atoms with Gasteiger partial charge in [-0.3, -0.25) is 9.59 Å². The standard InChI is InChI=1S/C21H19F3N6O2S/c1-29(2)17(31)10-25-18(32)11-4-7-15-14(8-11)26-19(30(15)3)28-20-27-13-6-5-12(21(22,23)24)9-16(13)33-20/h4-9H,10H2,1-3H3,(H,25,32)(H,26,27,28). The number of carbonyl (C=O) groups is 2. The van der Waals surface area contributed by atoms with Crippen LogP contribution in [0, 0.1) is 0 Å². The van der Waals surface area contributed by atoms with E-state index in [1.807, 2.05) is 0 Å². The third kappa shape index (κ3) is 4.60. The normalized spacial score (nSPS) is 11.7. The molecule has 0 unspecified atom stereocenters. The second-order valence-corrected chi connectivity index (χ2v) is 8.52. The van der Waals surface area contributed by atoms with E-state index in [-0.39, 0.29) is 12.5 Å². The Hall–Kier alpha value is -3.67. The number of hydrogen-bond acceptors (Lipinski definition) is 6. The van der Waals surface area contributed by atoms with Gasteiger partial charge in [0.2, 0.25) is 11.9 Å². The summed E-state index contributed by atoms with van der Waals surface area (Å²) in [7, 11) is 4.97. The first-order chi connectivity index (χ1) is 15.5. The number of amides is 2. The van der Waals surface area contributed by atoms with Crippen LogP contribution in [-0.4, -0.2) is 51.9 Å². The molecule has 12 heteroatoms. The summed E-state index contributed by atoms with van der Waals surface area (Å²) in [6.07, 6.45) is -4.42. The number of halogens is 3. The number of likely N-dealkylation sites (N-methyl/N-ethyl adjacent to an activating group) is 1. The van der Waals surface area contributed by atoms with E-state index in [1.165, 1.54) is 11.0 Å². The van der Waals surface area contributed by atoms with Crippen molar-refractivity contribution >= 4 is 55.5 Å². The Labute approximate surface area is 190 Å². The number of imidazole rings is 1. The zero-order valence-electron chi connectivity index (χ0n) is 17.8. The van der Waals surface area contributed by atoms with Crippen LogP contribution in [0.25, 0.3) is 21.3 Å². The second kappa shape index (κ2) is 8.35. The van der Waals surface area contributed by atoms with Crippen molar-refractivity contribution < 1.29 is 22.8 Å². The van der Waals surface area contributed by atoms with Crippen LogP contribution >= 0.6 is 11.3 Å². The second-order valence-electron chi connectivity index (χ2n) is 7.49. The molecule has 4 aromatic rings. The Kier molecular flexibility index (Phi) is 5.70. The average Bonchev–Trinajstić information content (AvgIpc) is 3.30. The molecule has 172 valence electrons. The Bertz CT molecular complexity index is 1380. The lowest BCUT2D eigenvalue weighted by Gasteiger charge is -2.10. The number of alkyl halides is 3. The zero-order valence-corrected chi connectivity index (χ0v) is 18.6. The molecule has 0 aliphatic carbocycles. The van der Waals surface area contributed by atoms with Gasteiger partial charge in [-0.1, -0.05) is 11.3 Å². The molecule has 0 saturated heterocycles. The molecule has 2 heterocycles. The van der Waals surface area contributed by atoms with Gasteiger partial charge in [0, 0.05) is 26.7 Å². The van der Waals surface area contributed by atoms with Gasteiger partial charge in [-0.05, 0) is 36.4 Å². The Morgan fingerprint density at radius 2 is 1.85 bits per heavy atom. The molecule has 2 N–H and O–H groups in total. The number of thiazole rings is 1. The van der Waals surface area contributed by atoms with E-state index < -0.39 is 17.6 Å². The number of nitrogens with zero attached hydrogens (tertiary/aromatic N) is 4. The quantitative estimate of drug-likeness (QED) is 0.458. The maximum absolute atomic E-state index is 13.0. The van der Waals surface area contributed by atoms with Crippen molar-refractivity contribution in [2.24, 2.45) is 7.05 Å². The summed E-state index contributed by atoms with van der Waals surface area (Å²) in [5.41, 5.74) is 1.33. The number of rotatable bonds is 5. The van der Waals surface area contributed by atoms with E-state index in [0.29, 0.717) is 32.4 Å². The van der Waals surface area contributed by atoms with Crippen molar-refractivity contribution in [2.75, 3.05) is 26.0 Å². The zero-order chi connectivity index (χ0) is 23.9. The van der Waals surface area contributed by atoms with Crippen molar-refractivity contribution in [3.8, 4) is 0 Å². The first-order valence-corrected chi connectivity index (χ1v) is 10.5. The van der Waals surface area contributed by atoms with Crippen molar-refractivity contribution in [3.05, 3.63) is 47.5 Å². The molecule has 0 radical (unpaired) electrons. The highest BCUT2D eigenvalue weighted by molar-refractivity contribution is 7.22. The Morgan fingerprint density at radius 1 is 1.09 bits per heavy atom. The van der Waals surface area contributed by atoms with E-state index >= 15 is 0 Å². The molecular formula is C21H19F3N6O2S. The largest absolute Gasteiger partial charge is 0.416 e. The monoisotopic (exact) mass is 476 g/mol. The van der Waals surface area contributed by atoms with Crippen molar-refractivity contribution in [2.45, 2.75) is 6.18 Å². The Balaban J connectivity index is 1.57. The lowest BCUT2D eigenvalue weighted by atomic mass is 10.2. The molecule has 0 fully saturated rings. The van der Waals surface area contributed by atoms with Crippen LogP contribution in [0.5, 0.6) is 0 Å². The van der Waals surface area contributed by atoms with E-state index in [0.717, 1.165) is 29.0 Å². The van der Waals surface area contributed by atoms with Gasteiger partial charge in [0.25, 0.3) is 5.91 Å². The smallest absolute Gasteiger partial charge is 0.347 e. The number of fused-ring (bicyclic) bond motifs is 2. The van der Waals surface area contributed by atoms with E-state index in [4.69, 9.17) is 0 Å². The minimum absolute atomic E-state index is 0.118. The summed E-state index contributed by atoms with van der Waals surface area (Å²) in [5, 5.41) is 6.00. The number of aryl methyl sites for hydroxylation is 1. The van der Waals surface area contributed by atoms with Gasteiger partial charge in [0.1, 0.15) is 0 Å². The maximum atomic E-state index is 13.0. The number of nitrogens with one attached hydrogen (secondary N) is 2. The first-order valence-electron chi connectivity index (χ1n) is 9.72. The van der Waals surface area contributed by atoms with Crippen LogP contribution in [0.3, 0.4) is 0 Å². The maximum Gasteiger partial charge on any atom is 0.416 e. The van der Waals surface area contributed by atoms with Gasteiger partial charge >= 0.3 is 6.18 Å². The average molecular weight is 476 g/mol. The third-order valence-electron chi connectivity index (χ3n) is 4.98. The molecule has 8 nitrogen and oxygen atoms in total. The molecule has 33 heavy (non-hydrogen) atoms. The minimum Gasteiger partial charge on any atom is -0.347 e. The van der Waals surface area contributed by atoms with Gasteiger partial charge in [-0.2, -0.15) is 13.2 Å². The van der Waals surface area contributed by atoms with Crippen LogP contribution in [-0.2, 0) is 18.0 Å². The molecule has 0 bridgehead atoms. The minimum atomic E-state index is -4.42. The van der Waals surface area contributed by atoms with Gasteiger partial charge in [-0.15, -0.1) is 0 Å². The van der Waals surface area contributed by atoms with Gasteiger partial charge in [-0.25, -0.2) is 9.97 Å². The van der Waals surface area contributed by atoms with Gasteiger partial charge < -0.3 is 20.1 Å². The van der Waals surface area contributed by atoms with Crippen molar-refractivity contribution in [1.82, 2.24) is 24.8 Å². The van der Waals surface area contributed by atoms with Crippen LogP contribution in [0.15, 0.2) is 36.4 Å². The lowest BCUT2D eigenvalue weighted by Crippen LogP contribution is -2.36. The fourth-order valence-corrected chi connectivity index (χ4v) is 4.02. The van der Waals surface area contributed by atoms with Gasteiger partial charge in [0.15, 0.2) is 5.13 Å². The summed E-state index contributed by atoms with van der Waals surface area (Å²) < 4.78 is 41.0. The fourth-order valence-electron chi connectivity index (χ4n) is 3.12. The number of carbonyl (C=O) groups excluding carboxylic acids is 2. The summed E-state index contributed by atoms with van der Waals surface area (Å²) in [6.45, 7) is -0.118. The molecule has 0 aliphatic heterocycles. The van der Waals surface area contributed by atoms with Crippen LogP contribution in [0.4, 0.5) is 24.3 Å². The van der Waals surface area contributed by atoms with E-state index in [2.05, 4.69) is 20.6 Å². The highest BCUT2D eigenvalue weighted by Crippen LogP contribution is 2.35. The number of benzene rings is 2. The first kappa shape index (κ1) is 22.5. The SMILES string of the molecule is CN(C)C(=O)CNC(=O)c1ccc2c(c1)nc(Nc1nc3ccc(C(F)(F)F)cc3s1)n2C. The highest BCUT2D eigenvalue weighted by atomic mass is 32.1. The van der Waals surface area contributed by atoms with Crippen molar-refractivity contribution in [1.29, 1.82) is 0 Å². The summed E-state index contributed by atoms with van der Waals surface area (Å²) in [4.78, 5) is 34.2. The highest BCUT2D eigenvalue weighted by Gasteiger charge is 2.30. The number of aromatic nitrogens is 3. The molecule has 2 aromatic heterocycles. The van der Waals surface area contributed by atoms with E-state index in [9.17, 15) is 22.8 Å². The summed E-state index contributed by atoms with van der Waals surface area (Å²) in [6, 6.07) is 8.35. The molecule has 0 spiro atoms. The van der Waals surface area contributed by atoms with Crippen LogP contribution in [0.2, 0.25) is 0 Å². The lowest BCUT2D eigenvalue weighted by molar-refractivity contribution is -0.137.